The van der Waals surface area contributed by atoms with E-state index in [9.17, 15) is 0 Å². The van der Waals surface area contributed by atoms with Gasteiger partial charge in [0.2, 0.25) is 0 Å². The minimum absolute atomic E-state index is 0.0199. The van der Waals surface area contributed by atoms with E-state index in [4.69, 9.17) is 28.9 Å². The molecule has 1 aromatic carbocycles. The topological polar surface area (TPSA) is 43.8 Å². The van der Waals surface area contributed by atoms with Crippen LogP contribution in [0.5, 0.6) is 0 Å². The first-order valence-electron chi connectivity index (χ1n) is 5.25. The lowest BCUT2D eigenvalue weighted by Gasteiger charge is -2.16. The fourth-order valence-corrected chi connectivity index (χ4v) is 2.39. The van der Waals surface area contributed by atoms with E-state index in [1.54, 1.807) is 10.7 Å². The molecule has 0 amide bonds. The van der Waals surface area contributed by atoms with Crippen LogP contribution in [-0.4, -0.2) is 9.78 Å². The van der Waals surface area contributed by atoms with Crippen LogP contribution in [0, 0.1) is 6.92 Å². The fraction of sp³-hybridized carbons (Fsp3) is 0.250. The molecule has 1 atom stereocenters. The Labute approximate surface area is 110 Å². The molecule has 90 valence electrons. The summed E-state index contributed by atoms with van der Waals surface area (Å²) in [5.41, 5.74) is 7.73. The zero-order chi connectivity index (χ0) is 12.6. The number of hydrogen-bond acceptors (Lipinski definition) is 2. The van der Waals surface area contributed by atoms with Crippen molar-refractivity contribution in [2.24, 2.45) is 0 Å². The molecule has 0 aliphatic heterocycles. The molecule has 5 heteroatoms. The van der Waals surface area contributed by atoms with E-state index >= 15 is 0 Å². The van der Waals surface area contributed by atoms with E-state index in [0.29, 0.717) is 15.9 Å². The Morgan fingerprint density at radius 2 is 2.00 bits per heavy atom. The van der Waals surface area contributed by atoms with Gasteiger partial charge in [0.25, 0.3) is 0 Å². The second kappa shape index (κ2) is 4.59. The Morgan fingerprint density at radius 1 is 1.29 bits per heavy atom. The van der Waals surface area contributed by atoms with E-state index in [0.717, 1.165) is 11.3 Å². The molecular weight excluding hydrogens is 257 g/mol. The molecule has 0 spiro atoms. The van der Waals surface area contributed by atoms with Gasteiger partial charge in [-0.25, -0.2) is 4.68 Å². The van der Waals surface area contributed by atoms with Gasteiger partial charge >= 0.3 is 0 Å². The van der Waals surface area contributed by atoms with Gasteiger partial charge in [-0.3, -0.25) is 0 Å². The van der Waals surface area contributed by atoms with E-state index < -0.39 is 0 Å². The number of aromatic nitrogens is 2. The van der Waals surface area contributed by atoms with E-state index in [2.05, 4.69) is 5.10 Å². The molecule has 1 unspecified atom stereocenters. The second-order valence-corrected chi connectivity index (χ2v) is 4.84. The predicted octanol–water partition coefficient (Wildman–Crippen LogP) is 3.69. The largest absolute Gasteiger partial charge is 0.384 e. The molecule has 3 nitrogen and oxygen atoms in total. The highest BCUT2D eigenvalue weighted by molar-refractivity contribution is 6.35. The molecule has 2 rings (SSSR count). The molecule has 1 heterocycles. The lowest BCUT2D eigenvalue weighted by atomic mass is 10.1. The molecule has 17 heavy (non-hydrogen) atoms. The van der Waals surface area contributed by atoms with Crippen LogP contribution < -0.4 is 5.73 Å². The van der Waals surface area contributed by atoms with Crippen LogP contribution in [0.2, 0.25) is 10.0 Å². The van der Waals surface area contributed by atoms with Crippen LogP contribution in [-0.2, 0) is 0 Å². The van der Waals surface area contributed by atoms with Crippen molar-refractivity contribution in [3.05, 3.63) is 45.6 Å². The Balaban J connectivity index is 2.43. The summed E-state index contributed by atoms with van der Waals surface area (Å²) < 4.78 is 1.75. The highest BCUT2D eigenvalue weighted by Crippen LogP contribution is 2.29. The van der Waals surface area contributed by atoms with Gasteiger partial charge in [-0.1, -0.05) is 29.3 Å². The van der Waals surface area contributed by atoms with Crippen molar-refractivity contribution in [2.75, 3.05) is 5.73 Å². The van der Waals surface area contributed by atoms with Gasteiger partial charge in [-0.15, -0.1) is 0 Å². The van der Waals surface area contributed by atoms with E-state index in [-0.39, 0.29) is 6.04 Å². The first-order chi connectivity index (χ1) is 7.99. The SMILES string of the molecule is Cc1cc(N)n(C(C)c2ccc(Cl)cc2Cl)n1. The monoisotopic (exact) mass is 269 g/mol. The summed E-state index contributed by atoms with van der Waals surface area (Å²) in [5.74, 6) is 0.626. The van der Waals surface area contributed by atoms with Crippen LogP contribution in [0.15, 0.2) is 24.3 Å². The number of aryl methyl sites for hydroxylation is 1. The van der Waals surface area contributed by atoms with E-state index in [1.807, 2.05) is 32.0 Å². The fourth-order valence-electron chi connectivity index (χ4n) is 1.82. The van der Waals surface area contributed by atoms with Crippen molar-refractivity contribution < 1.29 is 0 Å². The quantitative estimate of drug-likeness (QED) is 0.904. The van der Waals surface area contributed by atoms with Crippen molar-refractivity contribution >= 4 is 29.0 Å². The highest BCUT2D eigenvalue weighted by atomic mass is 35.5. The minimum atomic E-state index is -0.0199. The zero-order valence-electron chi connectivity index (χ0n) is 9.61. The molecule has 0 radical (unpaired) electrons. The number of nitrogens with two attached hydrogens (primary N) is 1. The summed E-state index contributed by atoms with van der Waals surface area (Å²) in [5, 5.41) is 5.59. The number of halogens is 2. The van der Waals surface area contributed by atoms with Gasteiger partial charge in [0, 0.05) is 16.1 Å². The Bertz CT molecular complexity index is 549. The highest BCUT2D eigenvalue weighted by Gasteiger charge is 2.15. The van der Waals surface area contributed by atoms with Gasteiger partial charge in [0.05, 0.1) is 11.7 Å². The molecule has 0 bridgehead atoms. The summed E-state index contributed by atoms with van der Waals surface area (Å²) in [6, 6.07) is 7.24. The summed E-state index contributed by atoms with van der Waals surface area (Å²) in [6.07, 6.45) is 0. The number of anilines is 1. The van der Waals surface area contributed by atoms with Crippen LogP contribution in [0.3, 0.4) is 0 Å². The van der Waals surface area contributed by atoms with Crippen molar-refractivity contribution in [3.8, 4) is 0 Å². The van der Waals surface area contributed by atoms with Gasteiger partial charge in [-0.2, -0.15) is 5.10 Å². The summed E-state index contributed by atoms with van der Waals surface area (Å²) >= 11 is 12.0. The van der Waals surface area contributed by atoms with E-state index in [1.165, 1.54) is 0 Å². The second-order valence-electron chi connectivity index (χ2n) is 4.00. The third kappa shape index (κ3) is 2.40. The van der Waals surface area contributed by atoms with Crippen LogP contribution in [0.25, 0.3) is 0 Å². The lowest BCUT2D eigenvalue weighted by Crippen LogP contribution is -2.12. The summed E-state index contributed by atoms with van der Waals surface area (Å²) in [7, 11) is 0. The Kier molecular flexibility index (Phi) is 3.31. The summed E-state index contributed by atoms with van der Waals surface area (Å²) in [4.78, 5) is 0. The molecular formula is C12H13Cl2N3. The molecule has 0 aliphatic carbocycles. The number of benzene rings is 1. The van der Waals surface area contributed by atoms with Gasteiger partial charge < -0.3 is 5.73 Å². The Morgan fingerprint density at radius 3 is 2.53 bits per heavy atom. The van der Waals surface area contributed by atoms with Gasteiger partial charge in [0.15, 0.2) is 0 Å². The molecule has 0 saturated carbocycles. The Hall–Kier alpha value is -1.19. The normalized spacial score (nSPS) is 12.7. The van der Waals surface area contributed by atoms with Crippen LogP contribution in [0.1, 0.15) is 24.2 Å². The number of nitrogens with zero attached hydrogens (tertiary/aromatic N) is 2. The van der Waals surface area contributed by atoms with Crippen molar-refractivity contribution in [3.63, 3.8) is 0 Å². The standard InChI is InChI=1S/C12H13Cl2N3/c1-7-5-12(15)17(16-7)8(2)10-4-3-9(13)6-11(10)14/h3-6,8H,15H2,1-2H3. The smallest absolute Gasteiger partial charge is 0.122 e. The maximum absolute atomic E-state index is 6.17. The van der Waals surface area contributed by atoms with Crippen molar-refractivity contribution in [2.45, 2.75) is 19.9 Å². The zero-order valence-corrected chi connectivity index (χ0v) is 11.1. The van der Waals surface area contributed by atoms with Crippen LogP contribution >= 0.6 is 23.2 Å². The molecule has 1 aromatic heterocycles. The lowest BCUT2D eigenvalue weighted by molar-refractivity contribution is 0.569. The van der Waals surface area contributed by atoms with Crippen molar-refractivity contribution in [1.82, 2.24) is 9.78 Å². The minimum Gasteiger partial charge on any atom is -0.384 e. The molecule has 0 saturated heterocycles. The van der Waals surface area contributed by atoms with Crippen LogP contribution in [0.4, 0.5) is 5.82 Å². The molecule has 2 aromatic rings. The first-order valence-corrected chi connectivity index (χ1v) is 6.01. The average Bonchev–Trinajstić information content (AvgIpc) is 2.57. The van der Waals surface area contributed by atoms with Crippen molar-refractivity contribution in [1.29, 1.82) is 0 Å². The first kappa shape index (κ1) is 12.3. The van der Waals surface area contributed by atoms with Gasteiger partial charge in [-0.05, 0) is 31.5 Å². The number of hydrogen-bond donors (Lipinski definition) is 1. The van der Waals surface area contributed by atoms with Gasteiger partial charge in [0.1, 0.15) is 5.82 Å². The predicted molar refractivity (Wildman–Crippen MR) is 71.7 cm³/mol. The number of rotatable bonds is 2. The molecule has 0 aliphatic rings. The average molecular weight is 270 g/mol. The third-order valence-corrected chi connectivity index (χ3v) is 3.23. The maximum atomic E-state index is 6.17. The maximum Gasteiger partial charge on any atom is 0.122 e. The summed E-state index contributed by atoms with van der Waals surface area (Å²) in [6.45, 7) is 3.90. The molecule has 0 fully saturated rings. The number of nitrogen functional groups attached to an aromatic ring is 1. The third-order valence-electron chi connectivity index (χ3n) is 2.67. The molecule has 2 N–H and O–H groups in total.